The van der Waals surface area contributed by atoms with Gasteiger partial charge in [0, 0.05) is 40.3 Å². The van der Waals surface area contributed by atoms with Gasteiger partial charge in [0.05, 0.1) is 11.1 Å². The molecule has 270 valence electrons. The van der Waals surface area contributed by atoms with E-state index in [0.717, 1.165) is 43.3 Å². The summed E-state index contributed by atoms with van der Waals surface area (Å²) < 4.78 is 6.59. The maximum Gasteiger partial charge on any atom is 0.137 e. The summed E-state index contributed by atoms with van der Waals surface area (Å²) in [5, 5.41) is 2.50. The minimum Gasteiger partial charge on any atom is -0.456 e. The molecule has 0 N–H and O–H groups in total. The summed E-state index contributed by atoms with van der Waals surface area (Å²) >= 11 is 0. The van der Waals surface area contributed by atoms with Crippen molar-refractivity contribution in [3.8, 4) is 11.1 Å². The van der Waals surface area contributed by atoms with Gasteiger partial charge in [0.1, 0.15) is 11.2 Å². The first-order chi connectivity index (χ1) is 27.3. The molecule has 1 heterocycles. The van der Waals surface area contributed by atoms with Crippen molar-refractivity contribution in [3.05, 3.63) is 180 Å². The normalized spacial score (nSPS) is 29.9. The third kappa shape index (κ3) is 4.55. The van der Waals surface area contributed by atoms with Crippen LogP contribution in [-0.4, -0.2) is 6.04 Å². The second kappa shape index (κ2) is 12.3. The van der Waals surface area contributed by atoms with Gasteiger partial charge in [0.2, 0.25) is 0 Å². The van der Waals surface area contributed by atoms with Gasteiger partial charge in [0.25, 0.3) is 0 Å². The van der Waals surface area contributed by atoms with Gasteiger partial charge in [-0.2, -0.15) is 0 Å². The molecule has 1 aromatic heterocycles. The van der Waals surface area contributed by atoms with Crippen molar-refractivity contribution in [3.63, 3.8) is 0 Å². The van der Waals surface area contributed by atoms with Crippen LogP contribution in [0.2, 0.25) is 0 Å². The van der Waals surface area contributed by atoms with Crippen molar-refractivity contribution in [2.75, 3.05) is 4.90 Å². The number of anilines is 1. The van der Waals surface area contributed by atoms with Crippen molar-refractivity contribution in [2.45, 2.75) is 62.8 Å². The Morgan fingerprint density at radius 1 is 0.727 bits per heavy atom. The number of rotatable bonds is 4. The Morgan fingerprint density at radius 2 is 1.62 bits per heavy atom. The van der Waals surface area contributed by atoms with Gasteiger partial charge in [-0.25, -0.2) is 0 Å². The number of furan rings is 1. The molecular weight excluding hydrogens is 667 g/mol. The van der Waals surface area contributed by atoms with Crippen LogP contribution in [0.3, 0.4) is 0 Å². The van der Waals surface area contributed by atoms with E-state index < -0.39 is 0 Å². The van der Waals surface area contributed by atoms with Gasteiger partial charge in [-0.05, 0) is 115 Å². The summed E-state index contributed by atoms with van der Waals surface area (Å²) in [6.07, 6.45) is 33.9. The highest BCUT2D eigenvalue weighted by Crippen LogP contribution is 2.69. The first-order valence-electron chi connectivity index (χ1n) is 21.0. The second-order valence-corrected chi connectivity index (χ2v) is 17.2. The molecule has 4 aromatic carbocycles. The van der Waals surface area contributed by atoms with Crippen LogP contribution in [0.15, 0.2) is 173 Å². The Balaban J connectivity index is 1.06. The fourth-order valence-electron chi connectivity index (χ4n) is 12.7. The third-order valence-electron chi connectivity index (χ3n) is 14.8. The summed E-state index contributed by atoms with van der Waals surface area (Å²) in [5.74, 6) is 2.45. The molecule has 1 saturated carbocycles. The molecule has 0 amide bonds. The Morgan fingerprint density at radius 3 is 2.58 bits per heavy atom. The number of hydrogen-bond acceptors (Lipinski definition) is 2. The van der Waals surface area contributed by atoms with Crippen LogP contribution in [0.25, 0.3) is 38.6 Å². The van der Waals surface area contributed by atoms with E-state index >= 15 is 0 Å². The van der Waals surface area contributed by atoms with E-state index in [9.17, 15) is 0 Å². The lowest BCUT2D eigenvalue weighted by Gasteiger charge is -2.48. The van der Waals surface area contributed by atoms with Gasteiger partial charge in [-0.15, -0.1) is 0 Å². The molecule has 0 bridgehead atoms. The van der Waals surface area contributed by atoms with Crippen LogP contribution in [0.1, 0.15) is 62.5 Å². The number of para-hydroxylation sites is 1. The topological polar surface area (TPSA) is 16.4 Å². The smallest absolute Gasteiger partial charge is 0.137 e. The lowest BCUT2D eigenvalue weighted by molar-refractivity contribution is 0.311. The highest BCUT2D eigenvalue weighted by atomic mass is 16.3. The fourth-order valence-corrected chi connectivity index (χ4v) is 12.7. The lowest BCUT2D eigenvalue weighted by Crippen LogP contribution is -2.45. The van der Waals surface area contributed by atoms with E-state index in [0.29, 0.717) is 35.6 Å². The summed E-state index contributed by atoms with van der Waals surface area (Å²) in [6, 6.07) is 34.5. The van der Waals surface area contributed by atoms with Gasteiger partial charge in [-0.1, -0.05) is 139 Å². The van der Waals surface area contributed by atoms with Crippen molar-refractivity contribution < 1.29 is 4.42 Å². The van der Waals surface area contributed by atoms with Crippen LogP contribution in [0.4, 0.5) is 5.69 Å². The van der Waals surface area contributed by atoms with E-state index in [1.165, 1.54) is 52.4 Å². The van der Waals surface area contributed by atoms with E-state index in [-0.39, 0.29) is 5.41 Å². The zero-order chi connectivity index (χ0) is 36.1. The van der Waals surface area contributed by atoms with Gasteiger partial charge < -0.3 is 9.32 Å². The standard InChI is InChI=1S/C53H47NO/c1-2-14-34(15-3-1)36-28-30-41-42-31-29-37(33-47(42)53(46(41)32-36)44-22-9-6-19-39(44)40-20-7-10-23-45(40)53)54(48-24-12-17-35-16-4-5-18-38(35)48)49-25-13-27-51-52(49)43-21-8-11-26-50(43)55-51/h1-4,6-11,13-16,19-22,24-28,30,32,35,37-39,44-45H,5,12,17-18,23,29,31,33H2. The molecule has 7 aliphatic carbocycles. The molecule has 0 saturated heterocycles. The minimum absolute atomic E-state index is 0.0757. The summed E-state index contributed by atoms with van der Waals surface area (Å²) in [4.78, 5) is 2.89. The monoisotopic (exact) mass is 713 g/mol. The molecule has 7 atom stereocenters. The molecular formula is C53H47NO. The lowest BCUT2D eigenvalue weighted by atomic mass is 9.60. The van der Waals surface area contributed by atoms with Crippen LogP contribution in [-0.2, 0) is 5.41 Å². The number of benzene rings is 4. The molecule has 0 radical (unpaired) electrons. The van der Waals surface area contributed by atoms with Gasteiger partial charge >= 0.3 is 0 Å². The highest BCUT2D eigenvalue weighted by Gasteiger charge is 2.62. The van der Waals surface area contributed by atoms with Gasteiger partial charge in [-0.3, -0.25) is 0 Å². The maximum absolute atomic E-state index is 6.59. The predicted molar refractivity (Wildman–Crippen MR) is 228 cm³/mol. The summed E-state index contributed by atoms with van der Waals surface area (Å²) in [7, 11) is 0. The highest BCUT2D eigenvalue weighted by molar-refractivity contribution is 6.12. The largest absolute Gasteiger partial charge is 0.456 e. The van der Waals surface area contributed by atoms with E-state index in [4.69, 9.17) is 4.42 Å². The zero-order valence-electron chi connectivity index (χ0n) is 31.4. The first kappa shape index (κ1) is 32.0. The Labute approximate surface area is 324 Å². The van der Waals surface area contributed by atoms with Crippen LogP contribution in [0, 0.1) is 29.6 Å². The second-order valence-electron chi connectivity index (χ2n) is 17.2. The Bertz CT molecular complexity index is 2600. The van der Waals surface area contributed by atoms with Gasteiger partial charge in [0.15, 0.2) is 0 Å². The molecule has 12 rings (SSSR count). The molecule has 1 fully saturated rings. The van der Waals surface area contributed by atoms with Crippen molar-refractivity contribution in [1.29, 1.82) is 0 Å². The van der Waals surface area contributed by atoms with Crippen LogP contribution < -0.4 is 4.90 Å². The maximum atomic E-state index is 6.59. The van der Waals surface area contributed by atoms with E-state index in [1.807, 2.05) is 0 Å². The molecule has 5 aromatic rings. The van der Waals surface area contributed by atoms with Crippen molar-refractivity contribution in [1.82, 2.24) is 0 Å². The average Bonchev–Trinajstić information content (AvgIpc) is 3.88. The minimum atomic E-state index is -0.0757. The molecule has 2 nitrogen and oxygen atoms in total. The zero-order valence-corrected chi connectivity index (χ0v) is 31.4. The number of nitrogens with zero attached hydrogens (tertiary/aromatic N) is 1. The SMILES string of the molecule is C1=CCC2C(=C1)C1C=CC=CC1C21C2=C(CCC(N(C3=CCCC4C=CCCC34)c3cccc4oc5ccccc5c34)C2)c2ccc(-c3ccccc3)cc21. The van der Waals surface area contributed by atoms with Crippen molar-refractivity contribution >= 4 is 33.2 Å². The van der Waals surface area contributed by atoms with Crippen molar-refractivity contribution in [2.24, 2.45) is 29.6 Å². The summed E-state index contributed by atoms with van der Waals surface area (Å²) in [5.41, 5.74) is 15.6. The number of allylic oxidation sites excluding steroid dienone is 13. The predicted octanol–water partition coefficient (Wildman–Crippen LogP) is 13.5. The molecule has 7 aliphatic rings. The number of fused-ring (bicyclic) bond motifs is 13. The third-order valence-corrected chi connectivity index (χ3v) is 14.8. The Hall–Kier alpha value is -5.34. The number of hydrogen-bond donors (Lipinski definition) is 0. The molecule has 1 spiro atoms. The van der Waals surface area contributed by atoms with Crippen LogP contribution >= 0.6 is 0 Å². The fraction of sp³-hybridized carbons (Fsp3) is 0.283. The Kier molecular flexibility index (Phi) is 7.17. The van der Waals surface area contributed by atoms with E-state index in [2.05, 4.69) is 157 Å². The van der Waals surface area contributed by atoms with Crippen LogP contribution in [0.5, 0.6) is 0 Å². The van der Waals surface area contributed by atoms with E-state index in [1.54, 1.807) is 28.0 Å². The molecule has 7 unspecified atom stereocenters. The molecule has 55 heavy (non-hydrogen) atoms. The molecule has 0 aliphatic heterocycles. The average molecular weight is 714 g/mol. The quantitative estimate of drug-likeness (QED) is 0.172. The first-order valence-corrected chi connectivity index (χ1v) is 21.0. The molecule has 2 heteroatoms. The summed E-state index contributed by atoms with van der Waals surface area (Å²) in [6.45, 7) is 0.